The minimum Gasteiger partial charge on any atom is -0.259 e. The summed E-state index contributed by atoms with van der Waals surface area (Å²) in [7, 11) is 1.57. The van der Waals surface area contributed by atoms with E-state index in [1.54, 1.807) is 7.11 Å². The van der Waals surface area contributed by atoms with Gasteiger partial charge >= 0.3 is 0 Å². The molecule has 0 aromatic carbocycles. The molecule has 1 aliphatic rings. The third-order valence-corrected chi connectivity index (χ3v) is 0.765. The number of hydroxylamine groups is 1. The molecule has 1 heterocycles. The Morgan fingerprint density at radius 1 is 1.71 bits per heavy atom. The fourth-order valence-corrected chi connectivity index (χ4v) is 0.418. The van der Waals surface area contributed by atoms with Gasteiger partial charge in [0.15, 0.2) is 0 Å². The molecule has 1 rings (SSSR count). The summed E-state index contributed by atoms with van der Waals surface area (Å²) < 4.78 is 0. The quantitative estimate of drug-likeness (QED) is 0.474. The molecule has 0 radical (unpaired) electrons. The van der Waals surface area contributed by atoms with E-state index in [2.05, 4.69) is 15.2 Å². The van der Waals surface area contributed by atoms with E-state index in [1.807, 2.05) is 0 Å². The third kappa shape index (κ3) is 0.866. The predicted molar refractivity (Wildman–Crippen MR) is 23.4 cm³/mol. The van der Waals surface area contributed by atoms with Crippen LogP contribution in [-0.2, 0) is 4.84 Å². The van der Waals surface area contributed by atoms with Crippen molar-refractivity contribution in [3.8, 4) is 0 Å². The minimum atomic E-state index is 0.758. The molecular weight excluding hydrogens is 94.1 g/mol. The van der Waals surface area contributed by atoms with Gasteiger partial charge in [0.1, 0.15) is 0 Å². The summed E-state index contributed by atoms with van der Waals surface area (Å²) in [4.78, 5) is 4.68. The molecule has 40 valence electrons. The fourth-order valence-electron chi connectivity index (χ4n) is 0.418. The first-order valence-corrected chi connectivity index (χ1v) is 2.12. The van der Waals surface area contributed by atoms with Gasteiger partial charge in [-0.05, 0) is 0 Å². The number of rotatable bonds is 1. The van der Waals surface area contributed by atoms with Gasteiger partial charge in [-0.3, -0.25) is 4.84 Å². The molecule has 0 N–H and O–H groups in total. The lowest BCUT2D eigenvalue weighted by Gasteiger charge is -2.03. The highest BCUT2D eigenvalue weighted by Crippen LogP contribution is 1.96. The van der Waals surface area contributed by atoms with Gasteiger partial charge < -0.3 is 0 Å². The number of hydrogen-bond acceptors (Lipinski definition) is 4. The van der Waals surface area contributed by atoms with Crippen molar-refractivity contribution >= 4 is 0 Å². The van der Waals surface area contributed by atoms with E-state index in [4.69, 9.17) is 0 Å². The summed E-state index contributed by atoms with van der Waals surface area (Å²) in [6.45, 7) is 1.55. The van der Waals surface area contributed by atoms with Crippen molar-refractivity contribution in [1.29, 1.82) is 0 Å². The van der Waals surface area contributed by atoms with Gasteiger partial charge in [-0.15, -0.1) is 0 Å². The van der Waals surface area contributed by atoms with Gasteiger partial charge in [0.2, 0.25) is 0 Å². The molecule has 0 aromatic heterocycles. The van der Waals surface area contributed by atoms with Crippen molar-refractivity contribution < 1.29 is 4.84 Å². The van der Waals surface area contributed by atoms with Gasteiger partial charge in [-0.1, -0.05) is 5.22 Å². The van der Waals surface area contributed by atoms with E-state index >= 15 is 0 Å². The number of hydrogen-bond donors (Lipinski definition) is 0. The van der Waals surface area contributed by atoms with E-state index in [-0.39, 0.29) is 0 Å². The van der Waals surface area contributed by atoms with E-state index in [1.165, 1.54) is 5.17 Å². The van der Waals surface area contributed by atoms with E-state index < -0.39 is 0 Å². The summed E-state index contributed by atoms with van der Waals surface area (Å²) >= 11 is 0. The van der Waals surface area contributed by atoms with E-state index in [9.17, 15) is 0 Å². The van der Waals surface area contributed by atoms with Crippen LogP contribution in [-0.4, -0.2) is 25.4 Å². The second-order valence-electron chi connectivity index (χ2n) is 1.21. The van der Waals surface area contributed by atoms with Gasteiger partial charge in [-0.25, -0.2) is 0 Å². The Kier molecular flexibility index (Phi) is 1.21. The van der Waals surface area contributed by atoms with Gasteiger partial charge in [0, 0.05) is 0 Å². The Bertz CT molecular complexity index is 82.2. The lowest BCUT2D eigenvalue weighted by molar-refractivity contribution is -0.121. The zero-order chi connectivity index (χ0) is 5.11. The Labute approximate surface area is 41.7 Å². The maximum Gasteiger partial charge on any atom is 0.0880 e. The lowest BCUT2D eigenvalue weighted by Crippen LogP contribution is -2.12. The van der Waals surface area contributed by atoms with Crippen LogP contribution >= 0.6 is 0 Å². The Morgan fingerprint density at radius 3 is 2.86 bits per heavy atom. The molecule has 1 aliphatic heterocycles. The summed E-state index contributed by atoms with van der Waals surface area (Å²) in [5.41, 5.74) is 0. The van der Waals surface area contributed by atoms with Crippen molar-refractivity contribution in [2.24, 2.45) is 10.3 Å². The van der Waals surface area contributed by atoms with Crippen molar-refractivity contribution in [2.45, 2.75) is 0 Å². The molecule has 4 heteroatoms. The molecule has 0 aromatic rings. The Morgan fingerprint density at radius 2 is 2.57 bits per heavy atom. The summed E-state index contributed by atoms with van der Waals surface area (Å²) in [5, 5.41) is 8.70. The first kappa shape index (κ1) is 4.52. The SMILES string of the molecule is CON1CCN=N1. The summed E-state index contributed by atoms with van der Waals surface area (Å²) in [6.07, 6.45) is 0. The third-order valence-electron chi connectivity index (χ3n) is 0.765. The van der Waals surface area contributed by atoms with Crippen LogP contribution in [0.25, 0.3) is 0 Å². The van der Waals surface area contributed by atoms with Gasteiger partial charge in [0.25, 0.3) is 0 Å². The largest absolute Gasteiger partial charge is 0.259 e. The van der Waals surface area contributed by atoms with Crippen LogP contribution in [0.2, 0.25) is 0 Å². The molecule has 0 saturated carbocycles. The van der Waals surface area contributed by atoms with Crippen LogP contribution in [0.4, 0.5) is 0 Å². The number of nitrogens with zero attached hydrogens (tertiary/aromatic N) is 3. The fraction of sp³-hybridized carbons (Fsp3) is 1.00. The molecule has 0 spiro atoms. The van der Waals surface area contributed by atoms with Crippen LogP contribution < -0.4 is 0 Å². The van der Waals surface area contributed by atoms with Crippen LogP contribution in [0, 0.1) is 0 Å². The second kappa shape index (κ2) is 1.88. The average Bonchev–Trinajstić information content (AvgIpc) is 2.14. The lowest BCUT2D eigenvalue weighted by atomic mass is 10.7. The minimum absolute atomic E-state index is 0.758. The van der Waals surface area contributed by atoms with Crippen molar-refractivity contribution in [3.05, 3.63) is 0 Å². The molecule has 0 aliphatic carbocycles. The molecule has 0 amide bonds. The molecule has 7 heavy (non-hydrogen) atoms. The topological polar surface area (TPSA) is 37.2 Å². The van der Waals surface area contributed by atoms with E-state index in [0.29, 0.717) is 0 Å². The summed E-state index contributed by atoms with van der Waals surface area (Å²) in [6, 6.07) is 0. The van der Waals surface area contributed by atoms with Crippen LogP contribution in [0.5, 0.6) is 0 Å². The first-order valence-electron chi connectivity index (χ1n) is 2.12. The Hall–Kier alpha value is -0.640. The van der Waals surface area contributed by atoms with Gasteiger partial charge in [0.05, 0.1) is 20.2 Å². The van der Waals surface area contributed by atoms with Crippen molar-refractivity contribution in [2.75, 3.05) is 20.2 Å². The monoisotopic (exact) mass is 101 g/mol. The highest BCUT2D eigenvalue weighted by Gasteiger charge is 2.02. The van der Waals surface area contributed by atoms with Crippen LogP contribution in [0.15, 0.2) is 10.3 Å². The van der Waals surface area contributed by atoms with Gasteiger partial charge in [-0.2, -0.15) is 10.3 Å². The second-order valence-corrected chi connectivity index (χ2v) is 1.21. The van der Waals surface area contributed by atoms with Crippen LogP contribution in [0.3, 0.4) is 0 Å². The molecule has 0 saturated heterocycles. The molecule has 0 atom stereocenters. The maximum absolute atomic E-state index is 4.68. The molecule has 4 nitrogen and oxygen atoms in total. The summed E-state index contributed by atoms with van der Waals surface area (Å²) in [5.74, 6) is 0. The normalized spacial score (nSPS) is 18.7. The molecule has 0 unspecified atom stereocenters. The average molecular weight is 101 g/mol. The molecule has 0 bridgehead atoms. The first-order chi connectivity index (χ1) is 3.43. The standard InChI is InChI=1S/C3H7N3O/c1-7-6-3-2-4-5-6/h2-3H2,1H3. The highest BCUT2D eigenvalue weighted by atomic mass is 16.7. The van der Waals surface area contributed by atoms with Crippen molar-refractivity contribution in [1.82, 2.24) is 5.17 Å². The smallest absolute Gasteiger partial charge is 0.0880 e. The van der Waals surface area contributed by atoms with Crippen LogP contribution in [0.1, 0.15) is 0 Å². The zero-order valence-corrected chi connectivity index (χ0v) is 4.16. The molecule has 0 fully saturated rings. The predicted octanol–water partition coefficient (Wildman–Crippen LogP) is 0.231. The zero-order valence-electron chi connectivity index (χ0n) is 4.16. The maximum atomic E-state index is 4.68. The van der Waals surface area contributed by atoms with Crippen molar-refractivity contribution in [3.63, 3.8) is 0 Å². The molecular formula is C3H7N3O. The Balaban J connectivity index is 2.28. The van der Waals surface area contributed by atoms with E-state index in [0.717, 1.165) is 13.1 Å². The highest BCUT2D eigenvalue weighted by molar-refractivity contribution is 4.46.